The molecule has 0 saturated carbocycles. The summed E-state index contributed by atoms with van der Waals surface area (Å²) in [5.41, 5.74) is 2.42. The summed E-state index contributed by atoms with van der Waals surface area (Å²) in [6.45, 7) is 6.83. The van der Waals surface area contributed by atoms with Crippen LogP contribution >= 0.6 is 0 Å². The van der Waals surface area contributed by atoms with Crippen molar-refractivity contribution in [3.05, 3.63) is 35.4 Å². The Labute approximate surface area is 137 Å². The molecule has 5 nitrogen and oxygen atoms in total. The molecule has 0 N–H and O–H groups in total. The summed E-state index contributed by atoms with van der Waals surface area (Å²) in [5, 5.41) is 3.94. The number of carbonyl (C=O) groups is 2. The minimum atomic E-state index is -0.310. The van der Waals surface area contributed by atoms with Crippen LogP contribution in [0.2, 0.25) is 0 Å². The van der Waals surface area contributed by atoms with E-state index in [0.717, 1.165) is 13.0 Å². The SMILES string of the molecule is CCOC(=O)C(C)[C@@H]1C[C@H](c2ccc(C)cc2)N2CCC(=O)N12. The topological polar surface area (TPSA) is 49.9 Å². The lowest BCUT2D eigenvalue weighted by molar-refractivity contribution is -0.153. The first-order valence-corrected chi connectivity index (χ1v) is 8.34. The average Bonchev–Trinajstić information content (AvgIpc) is 3.09. The van der Waals surface area contributed by atoms with Gasteiger partial charge < -0.3 is 4.74 Å². The van der Waals surface area contributed by atoms with Gasteiger partial charge in [0.15, 0.2) is 0 Å². The number of nitrogens with zero attached hydrogens (tertiary/aromatic N) is 2. The van der Waals surface area contributed by atoms with Crippen molar-refractivity contribution in [2.24, 2.45) is 5.92 Å². The van der Waals surface area contributed by atoms with E-state index in [-0.39, 0.29) is 29.9 Å². The van der Waals surface area contributed by atoms with Crippen LogP contribution in [0.3, 0.4) is 0 Å². The third kappa shape index (κ3) is 2.85. The van der Waals surface area contributed by atoms with Gasteiger partial charge in [-0.3, -0.25) is 14.6 Å². The molecule has 23 heavy (non-hydrogen) atoms. The number of hydrogen-bond donors (Lipinski definition) is 0. The van der Waals surface area contributed by atoms with E-state index in [2.05, 4.69) is 36.2 Å². The Morgan fingerprint density at radius 1 is 1.35 bits per heavy atom. The fourth-order valence-electron chi connectivity index (χ4n) is 3.65. The Morgan fingerprint density at radius 3 is 2.70 bits per heavy atom. The lowest BCUT2D eigenvalue weighted by Crippen LogP contribution is -2.43. The minimum Gasteiger partial charge on any atom is -0.466 e. The average molecular weight is 316 g/mol. The normalized spacial score (nSPS) is 25.5. The van der Waals surface area contributed by atoms with Crippen molar-refractivity contribution in [2.75, 3.05) is 13.2 Å². The van der Waals surface area contributed by atoms with Gasteiger partial charge in [-0.25, -0.2) is 5.01 Å². The first kappa shape index (κ1) is 16.0. The van der Waals surface area contributed by atoms with Gasteiger partial charge in [0.25, 0.3) is 0 Å². The summed E-state index contributed by atoms with van der Waals surface area (Å²) < 4.78 is 5.16. The largest absolute Gasteiger partial charge is 0.466 e. The third-order valence-corrected chi connectivity index (χ3v) is 4.92. The fraction of sp³-hybridized carbons (Fsp3) is 0.556. The summed E-state index contributed by atoms with van der Waals surface area (Å²) >= 11 is 0. The maximum atomic E-state index is 12.3. The predicted octanol–water partition coefficient (Wildman–Crippen LogP) is 2.46. The molecule has 2 heterocycles. The highest BCUT2D eigenvalue weighted by Crippen LogP contribution is 2.42. The van der Waals surface area contributed by atoms with E-state index >= 15 is 0 Å². The number of rotatable bonds is 4. The molecule has 3 atom stereocenters. The number of amides is 1. The number of esters is 1. The Hall–Kier alpha value is -1.88. The van der Waals surface area contributed by atoms with Gasteiger partial charge in [0.05, 0.1) is 24.6 Å². The second-order valence-corrected chi connectivity index (χ2v) is 6.42. The molecular formula is C18H24N2O3. The van der Waals surface area contributed by atoms with E-state index < -0.39 is 0 Å². The molecule has 1 unspecified atom stereocenters. The Kier molecular flexibility index (Phi) is 4.39. The van der Waals surface area contributed by atoms with Crippen LogP contribution in [0.5, 0.6) is 0 Å². The van der Waals surface area contributed by atoms with Crippen LogP contribution in [0.4, 0.5) is 0 Å². The molecule has 1 amide bonds. The van der Waals surface area contributed by atoms with Crippen molar-refractivity contribution in [1.82, 2.24) is 10.0 Å². The molecule has 0 bridgehead atoms. The first-order valence-electron chi connectivity index (χ1n) is 8.34. The molecule has 5 heteroatoms. The van der Waals surface area contributed by atoms with Crippen LogP contribution in [0.15, 0.2) is 24.3 Å². The number of aryl methyl sites for hydroxylation is 1. The molecule has 2 aliphatic rings. The van der Waals surface area contributed by atoms with Crippen molar-refractivity contribution in [2.45, 2.75) is 45.7 Å². The number of fused-ring (bicyclic) bond motifs is 1. The Balaban J connectivity index is 1.86. The van der Waals surface area contributed by atoms with Crippen LogP contribution < -0.4 is 0 Å². The monoisotopic (exact) mass is 316 g/mol. The zero-order valence-electron chi connectivity index (χ0n) is 14.0. The van der Waals surface area contributed by atoms with Gasteiger partial charge in [0, 0.05) is 13.0 Å². The van der Waals surface area contributed by atoms with Gasteiger partial charge >= 0.3 is 5.97 Å². The highest BCUT2D eigenvalue weighted by atomic mass is 16.5. The van der Waals surface area contributed by atoms with E-state index in [1.54, 1.807) is 0 Å². The number of benzene rings is 1. The summed E-state index contributed by atoms with van der Waals surface area (Å²) in [5.74, 6) is -0.419. The third-order valence-electron chi connectivity index (χ3n) is 4.92. The van der Waals surface area contributed by atoms with E-state index in [0.29, 0.717) is 13.0 Å². The first-order chi connectivity index (χ1) is 11.0. The number of hydrazine groups is 1. The molecule has 0 aliphatic carbocycles. The molecule has 0 aromatic heterocycles. The van der Waals surface area contributed by atoms with Crippen LogP contribution in [0.1, 0.15) is 43.9 Å². The van der Waals surface area contributed by atoms with Crippen molar-refractivity contribution in [3.63, 3.8) is 0 Å². The zero-order valence-corrected chi connectivity index (χ0v) is 14.0. The zero-order chi connectivity index (χ0) is 16.6. The molecule has 2 aliphatic heterocycles. The van der Waals surface area contributed by atoms with Crippen LogP contribution in [-0.2, 0) is 14.3 Å². The molecule has 1 aromatic rings. The number of ether oxygens (including phenoxy) is 1. The molecule has 2 saturated heterocycles. The fourth-order valence-corrected chi connectivity index (χ4v) is 3.65. The van der Waals surface area contributed by atoms with Gasteiger partial charge in [0.1, 0.15) is 0 Å². The van der Waals surface area contributed by atoms with E-state index in [1.807, 2.05) is 18.9 Å². The quantitative estimate of drug-likeness (QED) is 0.801. The molecule has 124 valence electrons. The van der Waals surface area contributed by atoms with Gasteiger partial charge in [0.2, 0.25) is 5.91 Å². The van der Waals surface area contributed by atoms with Gasteiger partial charge in [-0.15, -0.1) is 0 Å². The molecule has 0 spiro atoms. The maximum absolute atomic E-state index is 12.3. The Bertz CT molecular complexity index is 599. The second kappa shape index (κ2) is 6.32. The van der Waals surface area contributed by atoms with E-state index in [1.165, 1.54) is 11.1 Å². The summed E-state index contributed by atoms with van der Waals surface area (Å²) in [4.78, 5) is 24.4. The standard InChI is InChI=1S/C18H24N2O3/c1-4-23-18(22)13(3)15-11-16(14-7-5-12(2)6-8-14)19-10-9-17(21)20(15)19/h5-8,13,15-16H,4,9-11H2,1-3H3/t13?,15-,16+/m0/s1. The highest BCUT2D eigenvalue weighted by molar-refractivity contribution is 5.80. The molecule has 1 aromatic carbocycles. The van der Waals surface area contributed by atoms with Crippen molar-refractivity contribution in [3.8, 4) is 0 Å². The Morgan fingerprint density at radius 2 is 2.04 bits per heavy atom. The van der Waals surface area contributed by atoms with E-state index in [9.17, 15) is 9.59 Å². The lowest BCUT2D eigenvalue weighted by atomic mass is 9.93. The van der Waals surface area contributed by atoms with Gasteiger partial charge in [-0.05, 0) is 32.8 Å². The van der Waals surface area contributed by atoms with E-state index in [4.69, 9.17) is 4.74 Å². The lowest BCUT2D eigenvalue weighted by Gasteiger charge is -2.29. The van der Waals surface area contributed by atoms with Crippen molar-refractivity contribution in [1.29, 1.82) is 0 Å². The molecule has 2 fully saturated rings. The van der Waals surface area contributed by atoms with Crippen molar-refractivity contribution >= 4 is 11.9 Å². The molecule has 3 rings (SSSR count). The smallest absolute Gasteiger partial charge is 0.310 e. The van der Waals surface area contributed by atoms with Crippen LogP contribution in [0, 0.1) is 12.8 Å². The molecular weight excluding hydrogens is 292 g/mol. The summed E-state index contributed by atoms with van der Waals surface area (Å²) in [6, 6.07) is 8.48. The van der Waals surface area contributed by atoms with Gasteiger partial charge in [-0.2, -0.15) is 0 Å². The highest BCUT2D eigenvalue weighted by Gasteiger charge is 2.49. The van der Waals surface area contributed by atoms with Gasteiger partial charge in [-0.1, -0.05) is 29.8 Å². The second-order valence-electron chi connectivity index (χ2n) is 6.42. The maximum Gasteiger partial charge on any atom is 0.310 e. The van der Waals surface area contributed by atoms with Crippen LogP contribution in [-0.4, -0.2) is 41.1 Å². The number of carbonyl (C=O) groups excluding carboxylic acids is 2. The minimum absolute atomic E-state index is 0.112. The predicted molar refractivity (Wildman–Crippen MR) is 86.3 cm³/mol. The number of hydrogen-bond acceptors (Lipinski definition) is 4. The summed E-state index contributed by atoms with van der Waals surface area (Å²) in [7, 11) is 0. The van der Waals surface area contributed by atoms with Crippen LogP contribution in [0.25, 0.3) is 0 Å². The van der Waals surface area contributed by atoms with Crippen molar-refractivity contribution < 1.29 is 14.3 Å². The molecule has 0 radical (unpaired) electrons. The summed E-state index contributed by atoms with van der Waals surface area (Å²) in [6.07, 6.45) is 1.29.